The third-order valence-corrected chi connectivity index (χ3v) is 9.41. The number of hydrogen-bond donors (Lipinski definition) is 0. The van der Waals surface area contributed by atoms with Gasteiger partial charge in [-0.1, -0.05) is 163 Å². The fraction of sp³-hybridized carbons (Fsp3) is 0.468. The van der Waals surface area contributed by atoms with Crippen LogP contribution in [0.5, 0.6) is 0 Å². The maximum absolute atomic E-state index is 4.65. The smallest absolute Gasteiger partial charge is 0.169 e. The van der Waals surface area contributed by atoms with Crippen LogP contribution < -0.4 is 0 Å². The third-order valence-electron chi connectivity index (χ3n) is 9.41. The maximum atomic E-state index is 4.65. The minimum atomic E-state index is 0.118. The molecular weight excluding hydrogens is 609 g/mol. The van der Waals surface area contributed by atoms with Crippen LogP contribution in [0.2, 0.25) is 0 Å². The van der Waals surface area contributed by atoms with Gasteiger partial charge in [0.2, 0.25) is 0 Å². The molecule has 1 aromatic heterocycles. The Balaban J connectivity index is 0.00000103. The highest BCUT2D eigenvalue weighted by Gasteiger charge is 2.28. The minimum absolute atomic E-state index is 0.118. The van der Waals surface area contributed by atoms with Crippen LogP contribution in [0.1, 0.15) is 131 Å². The third kappa shape index (κ3) is 11.1. The van der Waals surface area contributed by atoms with Crippen molar-refractivity contribution in [3.05, 3.63) is 113 Å². The lowest BCUT2D eigenvalue weighted by Gasteiger charge is -2.33. The van der Waals surface area contributed by atoms with E-state index in [4.69, 9.17) is 0 Å². The predicted octanol–water partition coefficient (Wildman–Crippen LogP) is 13.1. The molecule has 0 amide bonds. The Bertz CT molecular complexity index is 1720. The van der Waals surface area contributed by atoms with Gasteiger partial charge >= 0.3 is 0 Å². The molecule has 0 aliphatic carbocycles. The fourth-order valence-electron chi connectivity index (χ4n) is 7.58. The highest BCUT2D eigenvalue weighted by molar-refractivity contribution is 5.74. The maximum Gasteiger partial charge on any atom is 0.169 e. The van der Waals surface area contributed by atoms with Gasteiger partial charge in [-0.25, -0.2) is 0 Å². The number of benzene rings is 3. The molecule has 0 unspecified atom stereocenters. The predicted molar refractivity (Wildman–Crippen MR) is 219 cm³/mol. The SMILES string of the molecule is C1=NCCO1.CC(C)(C)CC(C)(C)c1ccc(C=Cc2cc(-c3ccc(C(C)(C)CC(C)(C)C)cc3)n(-c3ccc(C(C)(C)C)cc3)c2)cc1. The quantitative estimate of drug-likeness (QED) is 0.183. The lowest BCUT2D eigenvalue weighted by atomic mass is 9.72. The van der Waals surface area contributed by atoms with E-state index in [0.717, 1.165) is 26.0 Å². The van der Waals surface area contributed by atoms with Crippen LogP contribution in [0.4, 0.5) is 0 Å². The molecule has 3 aromatic carbocycles. The Labute approximate surface area is 304 Å². The molecule has 3 heteroatoms. The fourth-order valence-corrected chi connectivity index (χ4v) is 7.58. The van der Waals surface area contributed by atoms with Crippen molar-refractivity contribution in [2.75, 3.05) is 13.2 Å². The van der Waals surface area contributed by atoms with Crippen molar-refractivity contribution in [2.45, 2.75) is 119 Å². The van der Waals surface area contributed by atoms with Gasteiger partial charge in [-0.2, -0.15) is 0 Å². The molecule has 2 heterocycles. The van der Waals surface area contributed by atoms with E-state index in [0.29, 0.717) is 5.41 Å². The summed E-state index contributed by atoms with van der Waals surface area (Å²) >= 11 is 0. The molecule has 0 atom stereocenters. The molecule has 0 saturated heterocycles. The first-order chi connectivity index (χ1) is 23.1. The molecule has 0 radical (unpaired) electrons. The minimum Gasteiger partial charge on any atom is -0.482 e. The van der Waals surface area contributed by atoms with Crippen molar-refractivity contribution < 1.29 is 4.74 Å². The molecule has 268 valence electrons. The molecule has 3 nitrogen and oxygen atoms in total. The van der Waals surface area contributed by atoms with Crippen molar-refractivity contribution in [1.29, 1.82) is 0 Å². The summed E-state index contributed by atoms with van der Waals surface area (Å²) in [6, 6.07) is 29.8. The Hall–Kier alpha value is -3.85. The first kappa shape index (κ1) is 38.9. The van der Waals surface area contributed by atoms with Crippen molar-refractivity contribution in [3.63, 3.8) is 0 Å². The zero-order valence-electron chi connectivity index (χ0n) is 33.4. The first-order valence-corrected chi connectivity index (χ1v) is 18.5. The summed E-state index contributed by atoms with van der Waals surface area (Å²) in [4.78, 5) is 3.74. The molecule has 4 aromatic rings. The van der Waals surface area contributed by atoms with Gasteiger partial charge in [0.25, 0.3) is 0 Å². The summed E-state index contributed by atoms with van der Waals surface area (Å²) in [5.41, 5.74) is 11.1. The van der Waals surface area contributed by atoms with Gasteiger partial charge in [0.15, 0.2) is 6.40 Å². The molecule has 0 spiro atoms. The van der Waals surface area contributed by atoms with E-state index in [1.807, 2.05) is 0 Å². The number of ether oxygens (including phenoxy) is 1. The molecule has 0 saturated carbocycles. The first-order valence-electron chi connectivity index (χ1n) is 18.5. The van der Waals surface area contributed by atoms with Crippen LogP contribution in [-0.4, -0.2) is 24.1 Å². The molecule has 1 aliphatic heterocycles. The standard InChI is InChI=1S/C44H59N.C3H5NO/c1-40(2,3)30-43(10,11)36-20-16-32(17-21-36)14-15-33-28-39(45(29-33)38-26-24-35(25-27-38)42(7,8)9)34-18-22-37(23-19-34)44(12,13)31-41(4,5)6;1-2-5-3-4-1/h14-29H,30-31H2,1-13H3;3H,1-2H2. The molecule has 0 N–H and O–H groups in total. The Morgan fingerprint density at radius 3 is 1.50 bits per heavy atom. The molecule has 1 aliphatic rings. The summed E-state index contributed by atoms with van der Waals surface area (Å²) in [6.45, 7) is 31.9. The van der Waals surface area contributed by atoms with Crippen molar-refractivity contribution in [2.24, 2.45) is 15.8 Å². The number of rotatable bonds is 8. The lowest BCUT2D eigenvalue weighted by Crippen LogP contribution is -2.24. The number of aromatic nitrogens is 1. The lowest BCUT2D eigenvalue weighted by molar-refractivity contribution is 0.283. The summed E-state index contributed by atoms with van der Waals surface area (Å²) in [7, 11) is 0. The van der Waals surface area contributed by atoms with Gasteiger partial charge in [-0.15, -0.1) is 0 Å². The van der Waals surface area contributed by atoms with Gasteiger partial charge in [0, 0.05) is 11.9 Å². The molecular formula is C47H64N2O. The average molecular weight is 673 g/mol. The summed E-state index contributed by atoms with van der Waals surface area (Å²) in [5, 5.41) is 0. The van der Waals surface area contributed by atoms with Crippen LogP contribution in [0, 0.1) is 10.8 Å². The summed E-state index contributed by atoms with van der Waals surface area (Å²) in [5.74, 6) is 0. The molecule has 0 bridgehead atoms. The molecule has 5 rings (SSSR count). The number of hydrogen-bond acceptors (Lipinski definition) is 2. The second-order valence-electron chi connectivity index (χ2n) is 19.0. The summed E-state index contributed by atoms with van der Waals surface area (Å²) < 4.78 is 7.00. The van der Waals surface area contributed by atoms with E-state index in [-0.39, 0.29) is 21.7 Å². The van der Waals surface area contributed by atoms with Crippen molar-refractivity contribution in [3.8, 4) is 16.9 Å². The second kappa shape index (κ2) is 15.2. The van der Waals surface area contributed by atoms with Crippen LogP contribution in [-0.2, 0) is 21.0 Å². The molecule has 50 heavy (non-hydrogen) atoms. The van der Waals surface area contributed by atoms with Crippen LogP contribution in [0.3, 0.4) is 0 Å². The van der Waals surface area contributed by atoms with Crippen LogP contribution >= 0.6 is 0 Å². The highest BCUT2D eigenvalue weighted by atomic mass is 16.5. The highest BCUT2D eigenvalue weighted by Crippen LogP contribution is 2.38. The largest absolute Gasteiger partial charge is 0.482 e. The van der Waals surface area contributed by atoms with Crippen LogP contribution in [0.25, 0.3) is 29.1 Å². The second-order valence-corrected chi connectivity index (χ2v) is 19.0. The van der Waals surface area contributed by atoms with Gasteiger partial charge in [0.1, 0.15) is 6.61 Å². The van der Waals surface area contributed by atoms with E-state index < -0.39 is 0 Å². The average Bonchev–Trinajstić information content (AvgIpc) is 3.72. The van der Waals surface area contributed by atoms with Crippen molar-refractivity contribution in [1.82, 2.24) is 4.57 Å². The van der Waals surface area contributed by atoms with Gasteiger partial charge in [0.05, 0.1) is 12.2 Å². The summed E-state index contributed by atoms with van der Waals surface area (Å²) in [6.07, 6.45) is 10.5. The molecule has 0 fully saturated rings. The normalized spacial score (nSPS) is 14.1. The zero-order chi connectivity index (χ0) is 37.0. The van der Waals surface area contributed by atoms with E-state index in [1.54, 1.807) is 0 Å². The Morgan fingerprint density at radius 1 is 0.600 bits per heavy atom. The van der Waals surface area contributed by atoms with Gasteiger partial charge in [-0.3, -0.25) is 4.99 Å². The number of aliphatic imine (C=N–C) groups is 1. The van der Waals surface area contributed by atoms with E-state index in [1.165, 1.54) is 51.2 Å². The monoisotopic (exact) mass is 673 g/mol. The van der Waals surface area contributed by atoms with Gasteiger partial charge in [-0.05, 0) is 91.5 Å². The number of nitrogens with zero attached hydrogens (tertiary/aromatic N) is 2. The van der Waals surface area contributed by atoms with E-state index >= 15 is 0 Å². The Kier molecular flexibility index (Phi) is 11.8. The Morgan fingerprint density at radius 2 is 1.08 bits per heavy atom. The van der Waals surface area contributed by atoms with Gasteiger partial charge < -0.3 is 9.30 Å². The van der Waals surface area contributed by atoms with Crippen LogP contribution in [0.15, 0.2) is 90.1 Å². The van der Waals surface area contributed by atoms with E-state index in [2.05, 4.69) is 202 Å². The van der Waals surface area contributed by atoms with E-state index in [9.17, 15) is 0 Å². The topological polar surface area (TPSA) is 26.5 Å². The zero-order valence-corrected chi connectivity index (χ0v) is 33.4. The van der Waals surface area contributed by atoms with Crippen molar-refractivity contribution >= 4 is 18.6 Å².